The topological polar surface area (TPSA) is 89.5 Å². The molecule has 1 aliphatic heterocycles. The molecule has 2 aromatic heterocycles. The Bertz CT molecular complexity index is 1520. The number of nitrogens with zero attached hydrogens (tertiary/aromatic N) is 5. The fourth-order valence-electron chi connectivity index (χ4n) is 5.84. The number of nitrogen functional groups attached to an aromatic ring is 1. The number of amides is 1. The van der Waals surface area contributed by atoms with Crippen molar-refractivity contribution in [1.82, 2.24) is 24.3 Å². The number of aromatic nitrogens is 3. The van der Waals surface area contributed by atoms with Crippen LogP contribution >= 0.6 is 0 Å². The number of rotatable bonds is 8. The zero-order valence-corrected chi connectivity index (χ0v) is 23.2. The quantitative estimate of drug-likeness (QED) is 0.295. The second kappa shape index (κ2) is 11.1. The standard InChI is InChI=1S/C32H36N6O2/c1-22-29(23-12-16-27(17-13-23)40-26-9-4-3-5-10-26)30-31(33)34-21-35-32(30)38(22)25-8-6-19-37(20-25)28(39)11-7-18-36(2)24-14-15-24/h3-5,7,9-13,16-17,21,24-25H,6,8,14-15,18-20H2,1-2H3,(H2,33,34,35). The number of anilines is 1. The van der Waals surface area contributed by atoms with E-state index in [1.165, 1.54) is 19.2 Å². The first kappa shape index (κ1) is 26.1. The number of nitrogens with two attached hydrogens (primary N) is 1. The van der Waals surface area contributed by atoms with E-state index < -0.39 is 0 Å². The maximum Gasteiger partial charge on any atom is 0.246 e. The average molecular weight is 537 g/mol. The molecule has 0 spiro atoms. The molecule has 1 atom stereocenters. The van der Waals surface area contributed by atoms with E-state index in [-0.39, 0.29) is 11.9 Å². The molecule has 8 nitrogen and oxygen atoms in total. The summed E-state index contributed by atoms with van der Waals surface area (Å²) in [5, 5.41) is 0.850. The number of hydrogen-bond donors (Lipinski definition) is 1. The van der Waals surface area contributed by atoms with Gasteiger partial charge < -0.3 is 19.9 Å². The first-order valence-electron chi connectivity index (χ1n) is 14.1. The number of para-hydroxylation sites is 1. The molecule has 206 valence electrons. The number of carbonyl (C=O) groups is 1. The van der Waals surface area contributed by atoms with Crippen LogP contribution < -0.4 is 10.5 Å². The molecule has 2 fully saturated rings. The number of piperidine rings is 1. The van der Waals surface area contributed by atoms with Crippen LogP contribution in [0.4, 0.5) is 5.82 Å². The second-order valence-electron chi connectivity index (χ2n) is 10.9. The van der Waals surface area contributed by atoms with Crippen LogP contribution in [0.3, 0.4) is 0 Å². The number of fused-ring (bicyclic) bond motifs is 1. The van der Waals surface area contributed by atoms with Crippen LogP contribution in [0.5, 0.6) is 11.5 Å². The number of hydrogen-bond acceptors (Lipinski definition) is 6. The van der Waals surface area contributed by atoms with Crippen molar-refractivity contribution in [2.24, 2.45) is 0 Å². The summed E-state index contributed by atoms with van der Waals surface area (Å²) in [6.45, 7) is 4.33. The summed E-state index contributed by atoms with van der Waals surface area (Å²) in [4.78, 5) is 26.4. The summed E-state index contributed by atoms with van der Waals surface area (Å²) in [6, 6.07) is 18.6. The molecule has 6 rings (SSSR count). The average Bonchev–Trinajstić information content (AvgIpc) is 3.78. The fourth-order valence-corrected chi connectivity index (χ4v) is 5.84. The van der Waals surface area contributed by atoms with E-state index >= 15 is 0 Å². The summed E-state index contributed by atoms with van der Waals surface area (Å²) >= 11 is 0. The number of ether oxygens (including phenoxy) is 1. The Morgan fingerprint density at radius 1 is 1.07 bits per heavy atom. The van der Waals surface area contributed by atoms with E-state index in [0.717, 1.165) is 65.3 Å². The molecule has 40 heavy (non-hydrogen) atoms. The highest BCUT2D eigenvalue weighted by atomic mass is 16.5. The van der Waals surface area contributed by atoms with Crippen LogP contribution in [-0.2, 0) is 4.79 Å². The summed E-state index contributed by atoms with van der Waals surface area (Å²) in [5.41, 5.74) is 10.4. The molecule has 2 N–H and O–H groups in total. The normalized spacial score (nSPS) is 17.7. The third kappa shape index (κ3) is 5.31. The van der Waals surface area contributed by atoms with Gasteiger partial charge in [-0.2, -0.15) is 0 Å². The Labute approximate surface area is 235 Å². The lowest BCUT2D eigenvalue weighted by Gasteiger charge is -2.34. The van der Waals surface area contributed by atoms with Gasteiger partial charge in [-0.15, -0.1) is 0 Å². The molecule has 3 heterocycles. The smallest absolute Gasteiger partial charge is 0.246 e. The zero-order valence-electron chi connectivity index (χ0n) is 23.2. The van der Waals surface area contributed by atoms with Crippen molar-refractivity contribution in [2.75, 3.05) is 32.4 Å². The Hall–Kier alpha value is -4.17. The number of likely N-dealkylation sites (tertiary alicyclic amines) is 1. The molecule has 4 aromatic rings. The van der Waals surface area contributed by atoms with Gasteiger partial charge in [0.2, 0.25) is 5.91 Å². The first-order valence-corrected chi connectivity index (χ1v) is 14.1. The number of likely N-dealkylation sites (N-methyl/N-ethyl adjacent to an activating group) is 1. The summed E-state index contributed by atoms with van der Waals surface area (Å²) in [7, 11) is 2.12. The molecule has 1 saturated heterocycles. The maximum atomic E-state index is 13.1. The van der Waals surface area contributed by atoms with E-state index in [0.29, 0.717) is 18.4 Å². The van der Waals surface area contributed by atoms with E-state index in [2.05, 4.69) is 45.5 Å². The van der Waals surface area contributed by atoms with E-state index in [9.17, 15) is 4.79 Å². The van der Waals surface area contributed by atoms with Crippen LogP contribution in [0.25, 0.3) is 22.2 Å². The van der Waals surface area contributed by atoms with Crippen molar-refractivity contribution in [3.63, 3.8) is 0 Å². The predicted octanol–water partition coefficient (Wildman–Crippen LogP) is 5.60. The molecular weight excluding hydrogens is 500 g/mol. The third-order valence-corrected chi connectivity index (χ3v) is 8.08. The van der Waals surface area contributed by atoms with Gasteiger partial charge in [0.25, 0.3) is 0 Å². The second-order valence-corrected chi connectivity index (χ2v) is 10.9. The van der Waals surface area contributed by atoms with Crippen LogP contribution in [0.1, 0.15) is 37.4 Å². The highest BCUT2D eigenvalue weighted by Crippen LogP contribution is 2.40. The highest BCUT2D eigenvalue weighted by molar-refractivity contribution is 6.02. The molecule has 1 unspecified atom stereocenters. The minimum atomic E-state index is 0.0754. The van der Waals surface area contributed by atoms with Gasteiger partial charge in [0.15, 0.2) is 0 Å². The number of carbonyl (C=O) groups excluding carboxylic acids is 1. The van der Waals surface area contributed by atoms with Crippen LogP contribution in [-0.4, -0.2) is 63.0 Å². The van der Waals surface area contributed by atoms with Gasteiger partial charge >= 0.3 is 0 Å². The number of benzene rings is 2. The van der Waals surface area contributed by atoms with Gasteiger partial charge in [-0.1, -0.05) is 36.4 Å². The Balaban J connectivity index is 1.27. The van der Waals surface area contributed by atoms with Gasteiger partial charge in [-0.25, -0.2) is 9.97 Å². The molecule has 1 saturated carbocycles. The zero-order chi connectivity index (χ0) is 27.6. The van der Waals surface area contributed by atoms with Crippen molar-refractivity contribution < 1.29 is 9.53 Å². The molecule has 0 bridgehead atoms. The van der Waals surface area contributed by atoms with Gasteiger partial charge in [0, 0.05) is 43.0 Å². The molecule has 1 amide bonds. The molecule has 0 radical (unpaired) electrons. The van der Waals surface area contributed by atoms with E-state index in [1.54, 1.807) is 6.08 Å². The molecule has 1 aliphatic carbocycles. The highest BCUT2D eigenvalue weighted by Gasteiger charge is 2.29. The molecular formula is C32H36N6O2. The third-order valence-electron chi connectivity index (χ3n) is 8.08. The summed E-state index contributed by atoms with van der Waals surface area (Å²) in [5.74, 6) is 2.09. The first-order chi connectivity index (χ1) is 19.5. The SMILES string of the molecule is Cc1c(-c2ccc(Oc3ccccc3)cc2)c2c(N)ncnc2n1C1CCCN(C(=O)C=CCN(C)C2CC2)C1. The van der Waals surface area contributed by atoms with Gasteiger partial charge in [-0.3, -0.25) is 9.69 Å². The van der Waals surface area contributed by atoms with Crippen molar-refractivity contribution >= 4 is 22.8 Å². The fraction of sp³-hybridized carbons (Fsp3) is 0.344. The minimum absolute atomic E-state index is 0.0754. The lowest BCUT2D eigenvalue weighted by Crippen LogP contribution is -2.40. The van der Waals surface area contributed by atoms with Crippen molar-refractivity contribution in [1.29, 1.82) is 0 Å². The minimum Gasteiger partial charge on any atom is -0.457 e. The lowest BCUT2D eigenvalue weighted by molar-refractivity contribution is -0.127. The largest absolute Gasteiger partial charge is 0.457 e. The summed E-state index contributed by atoms with van der Waals surface area (Å²) in [6.07, 6.45) is 9.70. The molecule has 8 heteroatoms. The molecule has 2 aromatic carbocycles. The van der Waals surface area contributed by atoms with Crippen molar-refractivity contribution in [3.8, 4) is 22.6 Å². The van der Waals surface area contributed by atoms with Crippen molar-refractivity contribution in [3.05, 3.63) is 78.8 Å². The Morgan fingerprint density at radius 3 is 2.58 bits per heavy atom. The van der Waals surface area contributed by atoms with Gasteiger partial charge in [-0.05, 0) is 69.5 Å². The molecule has 2 aliphatic rings. The Morgan fingerprint density at radius 2 is 1.82 bits per heavy atom. The van der Waals surface area contributed by atoms with Crippen LogP contribution in [0, 0.1) is 6.92 Å². The van der Waals surface area contributed by atoms with Gasteiger partial charge in [0.1, 0.15) is 29.3 Å². The predicted molar refractivity (Wildman–Crippen MR) is 158 cm³/mol. The van der Waals surface area contributed by atoms with E-state index in [4.69, 9.17) is 10.5 Å². The van der Waals surface area contributed by atoms with E-state index in [1.807, 2.05) is 53.4 Å². The Kier molecular flexibility index (Phi) is 7.26. The lowest BCUT2D eigenvalue weighted by atomic mass is 10.0. The summed E-state index contributed by atoms with van der Waals surface area (Å²) < 4.78 is 8.27. The van der Waals surface area contributed by atoms with Crippen molar-refractivity contribution in [2.45, 2.75) is 44.7 Å². The van der Waals surface area contributed by atoms with Crippen LogP contribution in [0.15, 0.2) is 73.1 Å². The van der Waals surface area contributed by atoms with Gasteiger partial charge in [0.05, 0.1) is 11.4 Å². The maximum absolute atomic E-state index is 13.1. The monoisotopic (exact) mass is 536 g/mol. The van der Waals surface area contributed by atoms with Crippen LogP contribution in [0.2, 0.25) is 0 Å².